The summed E-state index contributed by atoms with van der Waals surface area (Å²) in [5.74, 6) is 1.02. The van der Waals surface area contributed by atoms with Gasteiger partial charge in [-0.3, -0.25) is 0 Å². The maximum Gasteiger partial charge on any atom is 0.165 e. The topological polar surface area (TPSA) is 75.2 Å². The van der Waals surface area contributed by atoms with E-state index in [0.717, 1.165) is 26.2 Å². The summed E-state index contributed by atoms with van der Waals surface area (Å²) in [7, 11) is 0. The van der Waals surface area contributed by atoms with Crippen LogP contribution in [0.25, 0.3) is 0 Å². The van der Waals surface area contributed by atoms with Crippen molar-refractivity contribution < 1.29 is 9.47 Å². The van der Waals surface area contributed by atoms with Gasteiger partial charge in [-0.2, -0.15) is 0 Å². The molecular formula is C9H14N4O2. The molecule has 15 heavy (non-hydrogen) atoms. The summed E-state index contributed by atoms with van der Waals surface area (Å²) >= 11 is 0. The quantitative estimate of drug-likeness (QED) is 0.723. The minimum atomic E-state index is 0.227. The molecule has 1 aromatic rings. The number of ether oxygens (including phenoxy) is 2. The van der Waals surface area contributed by atoms with Crippen LogP contribution >= 0.6 is 0 Å². The van der Waals surface area contributed by atoms with Gasteiger partial charge in [-0.1, -0.05) is 5.21 Å². The highest BCUT2D eigenvalue weighted by Gasteiger charge is 2.39. The average molecular weight is 210 g/mol. The third-order valence-electron chi connectivity index (χ3n) is 3.02. The molecule has 6 nitrogen and oxygen atoms in total. The zero-order valence-electron chi connectivity index (χ0n) is 8.37. The van der Waals surface area contributed by atoms with Crippen molar-refractivity contribution in [2.75, 3.05) is 18.9 Å². The molecule has 2 aliphatic heterocycles. The highest BCUT2D eigenvalue weighted by atomic mass is 16.6. The summed E-state index contributed by atoms with van der Waals surface area (Å²) in [6.07, 6.45) is 3.29. The van der Waals surface area contributed by atoms with Crippen molar-refractivity contribution >= 4 is 5.82 Å². The van der Waals surface area contributed by atoms with Gasteiger partial charge < -0.3 is 15.2 Å². The van der Waals surface area contributed by atoms with Crippen LogP contribution in [-0.4, -0.2) is 40.4 Å². The third-order valence-corrected chi connectivity index (χ3v) is 3.02. The predicted molar refractivity (Wildman–Crippen MR) is 52.0 cm³/mol. The largest absolute Gasteiger partial charge is 0.381 e. The molecule has 0 aliphatic carbocycles. The molecule has 6 heteroatoms. The van der Waals surface area contributed by atoms with E-state index >= 15 is 0 Å². The van der Waals surface area contributed by atoms with E-state index in [1.807, 2.05) is 0 Å². The van der Waals surface area contributed by atoms with E-state index in [2.05, 4.69) is 10.3 Å². The third kappa shape index (κ3) is 1.70. The molecule has 2 N–H and O–H groups in total. The first-order chi connectivity index (χ1) is 7.31. The molecule has 3 rings (SSSR count). The smallest absolute Gasteiger partial charge is 0.165 e. The number of nitrogens with zero attached hydrogens (tertiary/aromatic N) is 3. The Kier molecular flexibility index (Phi) is 2.10. The van der Waals surface area contributed by atoms with Crippen LogP contribution in [0.15, 0.2) is 6.20 Å². The van der Waals surface area contributed by atoms with Crippen molar-refractivity contribution in [2.24, 2.45) is 5.92 Å². The van der Waals surface area contributed by atoms with Crippen LogP contribution in [0.3, 0.4) is 0 Å². The van der Waals surface area contributed by atoms with E-state index < -0.39 is 0 Å². The van der Waals surface area contributed by atoms with Gasteiger partial charge in [0.25, 0.3) is 0 Å². The molecule has 1 unspecified atom stereocenters. The van der Waals surface area contributed by atoms with Crippen molar-refractivity contribution in [2.45, 2.75) is 25.2 Å². The van der Waals surface area contributed by atoms with Crippen molar-refractivity contribution in [1.82, 2.24) is 15.0 Å². The molecule has 0 aromatic carbocycles. The Morgan fingerprint density at radius 2 is 2.47 bits per heavy atom. The van der Waals surface area contributed by atoms with Crippen molar-refractivity contribution in [1.29, 1.82) is 0 Å². The Morgan fingerprint density at radius 1 is 1.53 bits per heavy atom. The van der Waals surface area contributed by atoms with E-state index in [1.165, 1.54) is 0 Å². The van der Waals surface area contributed by atoms with Gasteiger partial charge in [0.1, 0.15) is 0 Å². The zero-order valence-corrected chi connectivity index (χ0v) is 8.37. The van der Waals surface area contributed by atoms with E-state index in [9.17, 15) is 0 Å². The second kappa shape index (κ2) is 3.46. The fourth-order valence-electron chi connectivity index (χ4n) is 2.32. The second-order valence-corrected chi connectivity index (χ2v) is 4.20. The summed E-state index contributed by atoms with van der Waals surface area (Å²) in [5, 5.41) is 7.64. The number of nitrogens with two attached hydrogens (primary N) is 1. The molecule has 0 radical (unpaired) electrons. The lowest BCUT2D eigenvalue weighted by atomic mass is 10.0. The lowest BCUT2D eigenvalue weighted by molar-refractivity contribution is 0.0108. The summed E-state index contributed by atoms with van der Waals surface area (Å²) in [4.78, 5) is 0. The van der Waals surface area contributed by atoms with Gasteiger partial charge in [0.05, 0.1) is 38.2 Å². The van der Waals surface area contributed by atoms with Crippen LogP contribution in [0.1, 0.15) is 6.42 Å². The SMILES string of the molecule is Nc1cn(CC2C[C@@H]3COC[C@@H]3O2)nn1. The van der Waals surface area contributed by atoms with Gasteiger partial charge in [-0.15, -0.1) is 5.10 Å². The predicted octanol–water partition coefficient (Wildman–Crippen LogP) is -0.336. The van der Waals surface area contributed by atoms with Gasteiger partial charge >= 0.3 is 0 Å². The lowest BCUT2D eigenvalue weighted by Gasteiger charge is -2.11. The number of aromatic nitrogens is 3. The minimum absolute atomic E-state index is 0.227. The minimum Gasteiger partial charge on any atom is -0.381 e. The van der Waals surface area contributed by atoms with E-state index in [0.29, 0.717) is 11.7 Å². The Labute approximate surface area is 87.3 Å². The number of nitrogen functional groups attached to an aromatic ring is 1. The van der Waals surface area contributed by atoms with E-state index in [-0.39, 0.29) is 12.2 Å². The molecule has 3 heterocycles. The molecule has 0 amide bonds. The van der Waals surface area contributed by atoms with Crippen LogP contribution in [0.2, 0.25) is 0 Å². The van der Waals surface area contributed by atoms with Gasteiger partial charge in [0.15, 0.2) is 5.82 Å². The maximum absolute atomic E-state index is 5.84. The van der Waals surface area contributed by atoms with Gasteiger partial charge in [0.2, 0.25) is 0 Å². The number of rotatable bonds is 2. The first-order valence-electron chi connectivity index (χ1n) is 5.20. The Hall–Kier alpha value is -1.14. The average Bonchev–Trinajstić information content (AvgIpc) is 2.81. The van der Waals surface area contributed by atoms with E-state index in [4.69, 9.17) is 15.2 Å². The molecule has 0 bridgehead atoms. The molecule has 0 saturated carbocycles. The Balaban J connectivity index is 1.61. The normalized spacial score (nSPS) is 34.5. The molecule has 2 saturated heterocycles. The second-order valence-electron chi connectivity index (χ2n) is 4.20. The Morgan fingerprint density at radius 3 is 3.20 bits per heavy atom. The van der Waals surface area contributed by atoms with Gasteiger partial charge in [-0.25, -0.2) is 4.68 Å². The first-order valence-corrected chi connectivity index (χ1v) is 5.20. The summed E-state index contributed by atoms with van der Waals surface area (Å²) in [5.41, 5.74) is 5.49. The molecule has 82 valence electrons. The fourth-order valence-corrected chi connectivity index (χ4v) is 2.32. The van der Waals surface area contributed by atoms with Crippen molar-refractivity contribution in [3.63, 3.8) is 0 Å². The van der Waals surface area contributed by atoms with Crippen LogP contribution in [0.4, 0.5) is 5.82 Å². The fraction of sp³-hybridized carbons (Fsp3) is 0.778. The van der Waals surface area contributed by atoms with Crippen LogP contribution in [0, 0.1) is 5.92 Å². The van der Waals surface area contributed by atoms with Crippen molar-refractivity contribution in [3.05, 3.63) is 6.20 Å². The number of anilines is 1. The number of fused-ring (bicyclic) bond motifs is 1. The van der Waals surface area contributed by atoms with Crippen molar-refractivity contribution in [3.8, 4) is 0 Å². The highest BCUT2D eigenvalue weighted by Crippen LogP contribution is 2.31. The summed E-state index contributed by atoms with van der Waals surface area (Å²) < 4.78 is 12.9. The van der Waals surface area contributed by atoms with Gasteiger partial charge in [-0.05, 0) is 6.42 Å². The highest BCUT2D eigenvalue weighted by molar-refractivity contribution is 5.19. The molecule has 2 fully saturated rings. The monoisotopic (exact) mass is 210 g/mol. The molecule has 3 atom stereocenters. The number of hydrogen-bond donors (Lipinski definition) is 1. The molecular weight excluding hydrogens is 196 g/mol. The summed E-state index contributed by atoms with van der Waals surface area (Å²) in [6.45, 7) is 2.30. The van der Waals surface area contributed by atoms with Crippen LogP contribution < -0.4 is 5.73 Å². The summed E-state index contributed by atoms with van der Waals surface area (Å²) in [6, 6.07) is 0. The zero-order chi connectivity index (χ0) is 10.3. The first kappa shape index (κ1) is 9.11. The molecule has 0 spiro atoms. The van der Waals surface area contributed by atoms with Crippen LogP contribution in [-0.2, 0) is 16.0 Å². The Bertz CT molecular complexity index is 342. The molecule has 1 aromatic heterocycles. The van der Waals surface area contributed by atoms with Crippen LogP contribution in [0.5, 0.6) is 0 Å². The lowest BCUT2D eigenvalue weighted by Crippen LogP contribution is -2.19. The number of hydrogen-bond acceptors (Lipinski definition) is 5. The van der Waals surface area contributed by atoms with Gasteiger partial charge in [0, 0.05) is 5.92 Å². The van der Waals surface area contributed by atoms with E-state index in [1.54, 1.807) is 10.9 Å². The standard InChI is InChI=1S/C9H14N4O2/c10-9-3-13(12-11-9)2-7-1-6-4-14-5-8(6)15-7/h3,6-8H,1-2,4-5,10H2/t6-,7?,8+/m1/s1. The molecule has 2 aliphatic rings. The maximum atomic E-state index is 5.84.